The maximum Gasteiger partial charge on any atom is 0.159 e. The standard InChI is InChI=1S/C16H11BrCl2FN5/c17-8-1-4-12(11(20)5-8)24-15-14(21)16(23-7-22-15)25-13-6-9(18)2-3-10(13)19/h1-7H,21H2,(H2,22,23,24,25). The zero-order valence-corrected chi connectivity index (χ0v) is 15.6. The normalized spacial score (nSPS) is 10.6. The first-order valence-electron chi connectivity index (χ1n) is 6.98. The Morgan fingerprint density at radius 2 is 1.64 bits per heavy atom. The number of halogens is 4. The van der Waals surface area contributed by atoms with Crippen LogP contribution in [-0.2, 0) is 0 Å². The number of rotatable bonds is 4. The molecule has 2 aromatic carbocycles. The molecule has 3 aromatic rings. The van der Waals surface area contributed by atoms with E-state index in [0.29, 0.717) is 26.0 Å². The average molecular weight is 443 g/mol. The molecule has 1 aromatic heterocycles. The zero-order chi connectivity index (χ0) is 18.0. The summed E-state index contributed by atoms with van der Waals surface area (Å²) < 4.78 is 14.6. The summed E-state index contributed by atoms with van der Waals surface area (Å²) in [5, 5.41) is 6.81. The second kappa shape index (κ2) is 7.43. The molecule has 0 radical (unpaired) electrons. The lowest BCUT2D eigenvalue weighted by molar-refractivity contribution is 0.631. The number of benzene rings is 2. The van der Waals surface area contributed by atoms with E-state index < -0.39 is 5.82 Å². The van der Waals surface area contributed by atoms with Gasteiger partial charge in [0.2, 0.25) is 0 Å². The molecule has 1 heterocycles. The highest BCUT2D eigenvalue weighted by molar-refractivity contribution is 9.10. The van der Waals surface area contributed by atoms with Gasteiger partial charge in [-0.2, -0.15) is 0 Å². The number of nitrogens with one attached hydrogen (secondary N) is 2. The molecule has 0 aliphatic rings. The fourth-order valence-electron chi connectivity index (χ4n) is 2.03. The van der Waals surface area contributed by atoms with Gasteiger partial charge in [0.1, 0.15) is 17.8 Å². The van der Waals surface area contributed by atoms with Crippen molar-refractivity contribution in [2.24, 2.45) is 0 Å². The smallest absolute Gasteiger partial charge is 0.159 e. The number of hydrogen-bond donors (Lipinski definition) is 3. The van der Waals surface area contributed by atoms with E-state index in [9.17, 15) is 4.39 Å². The molecule has 0 bridgehead atoms. The van der Waals surface area contributed by atoms with E-state index in [-0.39, 0.29) is 17.2 Å². The van der Waals surface area contributed by atoms with Crippen LogP contribution in [0, 0.1) is 5.82 Å². The van der Waals surface area contributed by atoms with Crippen molar-refractivity contribution in [2.75, 3.05) is 16.4 Å². The van der Waals surface area contributed by atoms with Crippen LogP contribution >= 0.6 is 39.1 Å². The fraction of sp³-hybridized carbons (Fsp3) is 0. The summed E-state index contributed by atoms with van der Waals surface area (Å²) in [4.78, 5) is 8.15. The molecule has 0 saturated heterocycles. The SMILES string of the molecule is Nc1c(Nc2ccc(Br)cc2F)ncnc1Nc1cc(Cl)ccc1Cl. The molecule has 0 unspecified atom stereocenters. The van der Waals surface area contributed by atoms with E-state index in [2.05, 4.69) is 36.5 Å². The van der Waals surface area contributed by atoms with Crippen LogP contribution in [0.1, 0.15) is 0 Å². The van der Waals surface area contributed by atoms with Crippen LogP contribution < -0.4 is 16.4 Å². The largest absolute Gasteiger partial charge is 0.393 e. The van der Waals surface area contributed by atoms with Crippen molar-refractivity contribution < 1.29 is 4.39 Å². The van der Waals surface area contributed by atoms with Gasteiger partial charge >= 0.3 is 0 Å². The first kappa shape index (κ1) is 17.7. The lowest BCUT2D eigenvalue weighted by atomic mass is 10.3. The summed E-state index contributed by atoms with van der Waals surface area (Å²) in [6.07, 6.45) is 1.30. The van der Waals surface area contributed by atoms with E-state index in [1.807, 2.05) is 0 Å². The van der Waals surface area contributed by atoms with Crippen LogP contribution in [0.3, 0.4) is 0 Å². The number of nitrogens with zero attached hydrogens (tertiary/aromatic N) is 2. The van der Waals surface area contributed by atoms with Crippen molar-refractivity contribution in [1.29, 1.82) is 0 Å². The predicted octanol–water partition coefficient (Wildman–Crippen LogP) is 5.75. The summed E-state index contributed by atoms with van der Waals surface area (Å²) in [6, 6.07) is 9.58. The van der Waals surface area contributed by atoms with E-state index in [4.69, 9.17) is 28.9 Å². The van der Waals surface area contributed by atoms with Crippen LogP contribution in [0.2, 0.25) is 10.0 Å². The second-order valence-electron chi connectivity index (χ2n) is 4.98. The Morgan fingerprint density at radius 3 is 2.32 bits per heavy atom. The maximum absolute atomic E-state index is 14.0. The summed E-state index contributed by atoms with van der Waals surface area (Å²) in [7, 11) is 0. The van der Waals surface area contributed by atoms with E-state index in [1.165, 1.54) is 12.4 Å². The molecule has 4 N–H and O–H groups in total. The van der Waals surface area contributed by atoms with Crippen molar-refractivity contribution in [3.05, 3.63) is 63.1 Å². The van der Waals surface area contributed by atoms with E-state index in [1.54, 1.807) is 30.3 Å². The first-order valence-corrected chi connectivity index (χ1v) is 8.53. The number of aromatic nitrogens is 2. The van der Waals surface area contributed by atoms with Gasteiger partial charge in [-0.05, 0) is 36.4 Å². The highest BCUT2D eigenvalue weighted by atomic mass is 79.9. The predicted molar refractivity (Wildman–Crippen MR) is 104 cm³/mol. The van der Waals surface area contributed by atoms with Crippen LogP contribution in [-0.4, -0.2) is 9.97 Å². The van der Waals surface area contributed by atoms with Crippen LogP contribution in [0.5, 0.6) is 0 Å². The van der Waals surface area contributed by atoms with E-state index >= 15 is 0 Å². The zero-order valence-electron chi connectivity index (χ0n) is 12.5. The monoisotopic (exact) mass is 441 g/mol. The maximum atomic E-state index is 14.0. The molecule has 0 saturated carbocycles. The van der Waals surface area contributed by atoms with Crippen molar-refractivity contribution >= 4 is 67.8 Å². The van der Waals surface area contributed by atoms with Gasteiger partial charge in [0.15, 0.2) is 11.6 Å². The Kier molecular flexibility index (Phi) is 5.27. The van der Waals surface area contributed by atoms with Gasteiger partial charge in [-0.25, -0.2) is 14.4 Å². The minimum atomic E-state index is -0.445. The van der Waals surface area contributed by atoms with Gasteiger partial charge in [0.05, 0.1) is 16.4 Å². The molecule has 0 aliphatic heterocycles. The van der Waals surface area contributed by atoms with Crippen molar-refractivity contribution in [3.63, 3.8) is 0 Å². The number of anilines is 5. The van der Waals surface area contributed by atoms with Gasteiger partial charge < -0.3 is 16.4 Å². The topological polar surface area (TPSA) is 75.9 Å². The summed E-state index contributed by atoms with van der Waals surface area (Å²) in [6.45, 7) is 0. The lowest BCUT2D eigenvalue weighted by Gasteiger charge is -2.14. The molecule has 25 heavy (non-hydrogen) atoms. The Bertz CT molecular complexity index is 938. The Morgan fingerprint density at radius 1 is 0.960 bits per heavy atom. The molecule has 0 atom stereocenters. The van der Waals surface area contributed by atoms with Crippen molar-refractivity contribution in [2.45, 2.75) is 0 Å². The molecule has 0 fully saturated rings. The van der Waals surface area contributed by atoms with E-state index in [0.717, 1.165) is 0 Å². The van der Waals surface area contributed by atoms with Crippen LogP contribution in [0.4, 0.5) is 33.1 Å². The first-order chi connectivity index (χ1) is 11.9. The molecule has 0 spiro atoms. The molecular formula is C16H11BrCl2FN5. The molecule has 0 aliphatic carbocycles. The quantitative estimate of drug-likeness (QED) is 0.479. The Hall–Kier alpha value is -2.09. The lowest BCUT2D eigenvalue weighted by Crippen LogP contribution is -2.06. The highest BCUT2D eigenvalue weighted by Crippen LogP contribution is 2.33. The van der Waals surface area contributed by atoms with Gasteiger partial charge in [0.25, 0.3) is 0 Å². The number of nitrogens with two attached hydrogens (primary N) is 1. The molecule has 9 heteroatoms. The van der Waals surface area contributed by atoms with Gasteiger partial charge in [-0.3, -0.25) is 0 Å². The summed E-state index contributed by atoms with van der Waals surface area (Å²) in [5.74, 6) is 0.135. The Labute approximate surface area is 161 Å². The molecule has 3 rings (SSSR count). The fourth-order valence-corrected chi connectivity index (χ4v) is 2.70. The van der Waals surface area contributed by atoms with Gasteiger partial charge in [-0.1, -0.05) is 39.1 Å². The number of hydrogen-bond acceptors (Lipinski definition) is 5. The average Bonchev–Trinajstić information content (AvgIpc) is 2.57. The summed E-state index contributed by atoms with van der Waals surface area (Å²) in [5.41, 5.74) is 7.08. The van der Waals surface area contributed by atoms with Crippen LogP contribution in [0.25, 0.3) is 0 Å². The van der Waals surface area contributed by atoms with Crippen LogP contribution in [0.15, 0.2) is 47.2 Å². The molecule has 5 nitrogen and oxygen atoms in total. The van der Waals surface area contributed by atoms with Gasteiger partial charge in [-0.15, -0.1) is 0 Å². The highest BCUT2D eigenvalue weighted by Gasteiger charge is 2.12. The molecular weight excluding hydrogens is 432 g/mol. The third kappa shape index (κ3) is 4.12. The van der Waals surface area contributed by atoms with Crippen molar-refractivity contribution in [1.82, 2.24) is 9.97 Å². The summed E-state index contributed by atoms with van der Waals surface area (Å²) >= 11 is 15.3. The second-order valence-corrected chi connectivity index (χ2v) is 6.74. The molecule has 128 valence electrons. The van der Waals surface area contributed by atoms with Crippen molar-refractivity contribution in [3.8, 4) is 0 Å². The minimum Gasteiger partial charge on any atom is -0.393 e. The molecule has 0 amide bonds. The third-order valence-corrected chi connectivity index (χ3v) is 4.31. The number of nitrogen functional groups attached to an aromatic ring is 1. The minimum absolute atomic E-state index is 0.209. The Balaban J connectivity index is 1.91. The van der Waals surface area contributed by atoms with Gasteiger partial charge in [0, 0.05) is 9.50 Å². The third-order valence-electron chi connectivity index (χ3n) is 3.25.